The Balaban J connectivity index is 2.09. The molecule has 0 saturated carbocycles. The van der Waals surface area contributed by atoms with Crippen LogP contribution in [0.1, 0.15) is 25.3 Å². The first-order valence-corrected chi connectivity index (χ1v) is 6.49. The predicted octanol–water partition coefficient (Wildman–Crippen LogP) is 1.64. The monoisotopic (exact) mass is 261 g/mol. The van der Waals surface area contributed by atoms with E-state index in [9.17, 15) is 9.59 Å². The van der Waals surface area contributed by atoms with E-state index in [1.165, 1.54) is 6.92 Å². The summed E-state index contributed by atoms with van der Waals surface area (Å²) in [6.45, 7) is 4.28. The van der Waals surface area contributed by atoms with Crippen molar-refractivity contribution in [3.8, 4) is 0 Å². The Morgan fingerprint density at radius 1 is 1.32 bits per heavy atom. The molecule has 5 nitrogen and oxygen atoms in total. The van der Waals surface area contributed by atoms with Gasteiger partial charge in [-0.3, -0.25) is 9.59 Å². The molecule has 1 aromatic carbocycles. The van der Waals surface area contributed by atoms with Crippen molar-refractivity contribution in [2.75, 3.05) is 17.2 Å². The van der Waals surface area contributed by atoms with Gasteiger partial charge >= 0.3 is 0 Å². The van der Waals surface area contributed by atoms with E-state index < -0.39 is 0 Å². The summed E-state index contributed by atoms with van der Waals surface area (Å²) in [5, 5.41) is 8.78. The second-order valence-corrected chi connectivity index (χ2v) is 4.85. The highest BCUT2D eigenvalue weighted by molar-refractivity contribution is 5.97. The van der Waals surface area contributed by atoms with Crippen LogP contribution in [0, 0.1) is 6.92 Å². The molecule has 1 unspecified atom stereocenters. The van der Waals surface area contributed by atoms with Crippen LogP contribution in [0.15, 0.2) is 18.2 Å². The first kappa shape index (κ1) is 13.5. The molecule has 0 radical (unpaired) electrons. The average molecular weight is 261 g/mol. The zero-order valence-corrected chi connectivity index (χ0v) is 11.2. The van der Waals surface area contributed by atoms with Crippen molar-refractivity contribution >= 4 is 23.2 Å². The lowest BCUT2D eigenvalue weighted by atomic mass is 10.1. The van der Waals surface area contributed by atoms with E-state index in [4.69, 9.17) is 0 Å². The third-order valence-corrected chi connectivity index (χ3v) is 3.19. The highest BCUT2D eigenvalue weighted by Gasteiger charge is 2.22. The van der Waals surface area contributed by atoms with Crippen LogP contribution in [-0.4, -0.2) is 24.4 Å². The Morgan fingerprint density at radius 3 is 2.74 bits per heavy atom. The van der Waals surface area contributed by atoms with Crippen LogP contribution >= 0.6 is 0 Å². The van der Waals surface area contributed by atoms with Gasteiger partial charge in [-0.25, -0.2) is 0 Å². The number of hydrogen-bond acceptors (Lipinski definition) is 3. The zero-order valence-electron chi connectivity index (χ0n) is 11.2. The lowest BCUT2D eigenvalue weighted by Gasteiger charge is -2.14. The van der Waals surface area contributed by atoms with E-state index in [1.807, 2.05) is 19.1 Å². The minimum atomic E-state index is -0.126. The molecule has 1 aliphatic rings. The van der Waals surface area contributed by atoms with Gasteiger partial charge in [-0.2, -0.15) is 0 Å². The summed E-state index contributed by atoms with van der Waals surface area (Å²) >= 11 is 0. The predicted molar refractivity (Wildman–Crippen MR) is 75.1 cm³/mol. The van der Waals surface area contributed by atoms with Crippen molar-refractivity contribution < 1.29 is 9.59 Å². The quantitative estimate of drug-likeness (QED) is 0.774. The van der Waals surface area contributed by atoms with Crippen molar-refractivity contribution in [2.24, 2.45) is 0 Å². The second kappa shape index (κ2) is 5.84. The first-order chi connectivity index (χ1) is 9.06. The minimum absolute atomic E-state index is 0.0134. The van der Waals surface area contributed by atoms with Crippen LogP contribution in [0.5, 0.6) is 0 Å². The Kier molecular flexibility index (Phi) is 4.16. The van der Waals surface area contributed by atoms with E-state index in [-0.39, 0.29) is 17.9 Å². The molecule has 19 heavy (non-hydrogen) atoms. The summed E-state index contributed by atoms with van der Waals surface area (Å²) in [5.41, 5.74) is 2.40. The van der Waals surface area contributed by atoms with Crippen molar-refractivity contribution in [3.05, 3.63) is 23.8 Å². The molecular formula is C14H19N3O2. The molecule has 1 heterocycles. The summed E-state index contributed by atoms with van der Waals surface area (Å²) in [4.78, 5) is 23.1. The Morgan fingerprint density at radius 2 is 2.11 bits per heavy atom. The molecule has 1 atom stereocenters. The number of anilines is 2. The fourth-order valence-corrected chi connectivity index (χ4v) is 2.17. The number of carbonyl (C=O) groups is 2. The molecule has 3 N–H and O–H groups in total. The van der Waals surface area contributed by atoms with E-state index in [0.717, 1.165) is 30.6 Å². The fraction of sp³-hybridized carbons (Fsp3) is 0.429. The average Bonchev–Trinajstić information content (AvgIpc) is 2.86. The van der Waals surface area contributed by atoms with E-state index >= 15 is 0 Å². The van der Waals surface area contributed by atoms with Crippen LogP contribution in [-0.2, 0) is 9.59 Å². The number of hydrogen-bond donors (Lipinski definition) is 3. The molecule has 1 saturated heterocycles. The lowest BCUT2D eigenvalue weighted by molar-refractivity contribution is -0.117. The van der Waals surface area contributed by atoms with Gasteiger partial charge in [0.05, 0.1) is 6.04 Å². The summed E-state index contributed by atoms with van der Waals surface area (Å²) in [6, 6.07) is 5.37. The van der Waals surface area contributed by atoms with Gasteiger partial charge in [0.15, 0.2) is 0 Å². The summed E-state index contributed by atoms with van der Waals surface area (Å²) in [6.07, 6.45) is 1.90. The van der Waals surface area contributed by atoms with Crippen molar-refractivity contribution in [2.45, 2.75) is 32.7 Å². The zero-order chi connectivity index (χ0) is 13.8. The second-order valence-electron chi connectivity index (χ2n) is 4.85. The Hall–Kier alpha value is -1.88. The van der Waals surface area contributed by atoms with Gasteiger partial charge in [-0.15, -0.1) is 0 Å². The maximum atomic E-state index is 12.0. The van der Waals surface area contributed by atoms with Gasteiger partial charge in [0.2, 0.25) is 11.8 Å². The van der Waals surface area contributed by atoms with Crippen LogP contribution in [0.3, 0.4) is 0 Å². The molecule has 0 aromatic heterocycles. The number of amides is 2. The SMILES string of the molecule is CC(=O)Nc1ccc(C)c(NC(=O)C2CCCN2)c1. The molecule has 5 heteroatoms. The third-order valence-electron chi connectivity index (χ3n) is 3.19. The Labute approximate surface area is 112 Å². The topological polar surface area (TPSA) is 70.2 Å². The maximum Gasteiger partial charge on any atom is 0.241 e. The van der Waals surface area contributed by atoms with E-state index in [0.29, 0.717) is 5.69 Å². The molecule has 1 aromatic rings. The number of aryl methyl sites for hydroxylation is 1. The molecule has 0 spiro atoms. The van der Waals surface area contributed by atoms with Crippen LogP contribution < -0.4 is 16.0 Å². The van der Waals surface area contributed by atoms with Gasteiger partial charge < -0.3 is 16.0 Å². The molecule has 102 valence electrons. The van der Waals surface area contributed by atoms with Crippen LogP contribution in [0.4, 0.5) is 11.4 Å². The molecule has 2 amide bonds. The highest BCUT2D eigenvalue weighted by atomic mass is 16.2. The molecule has 2 rings (SSSR count). The molecule has 0 aliphatic carbocycles. The summed E-state index contributed by atoms with van der Waals surface area (Å²) in [5.74, 6) is -0.140. The maximum absolute atomic E-state index is 12.0. The third kappa shape index (κ3) is 3.54. The molecule has 0 bridgehead atoms. The van der Waals surface area contributed by atoms with Gasteiger partial charge in [-0.05, 0) is 44.0 Å². The largest absolute Gasteiger partial charge is 0.326 e. The first-order valence-electron chi connectivity index (χ1n) is 6.49. The van der Waals surface area contributed by atoms with Crippen molar-refractivity contribution in [1.29, 1.82) is 0 Å². The van der Waals surface area contributed by atoms with Gasteiger partial charge in [0, 0.05) is 18.3 Å². The van der Waals surface area contributed by atoms with E-state index in [2.05, 4.69) is 16.0 Å². The molecule has 1 fully saturated rings. The van der Waals surface area contributed by atoms with Gasteiger partial charge in [-0.1, -0.05) is 6.07 Å². The lowest BCUT2D eigenvalue weighted by Crippen LogP contribution is -2.35. The van der Waals surface area contributed by atoms with Crippen LogP contribution in [0.25, 0.3) is 0 Å². The number of carbonyl (C=O) groups excluding carboxylic acids is 2. The summed E-state index contributed by atoms with van der Waals surface area (Å²) in [7, 11) is 0. The van der Waals surface area contributed by atoms with Gasteiger partial charge in [0.1, 0.15) is 0 Å². The number of nitrogens with one attached hydrogen (secondary N) is 3. The Bertz CT molecular complexity index is 493. The standard InChI is InChI=1S/C14H19N3O2/c1-9-5-6-11(16-10(2)18)8-13(9)17-14(19)12-4-3-7-15-12/h5-6,8,12,15H,3-4,7H2,1-2H3,(H,16,18)(H,17,19). The number of rotatable bonds is 3. The molecule has 1 aliphatic heterocycles. The van der Waals surface area contributed by atoms with Gasteiger partial charge in [0.25, 0.3) is 0 Å². The highest BCUT2D eigenvalue weighted by Crippen LogP contribution is 2.21. The summed E-state index contributed by atoms with van der Waals surface area (Å²) < 4.78 is 0. The molecular weight excluding hydrogens is 242 g/mol. The normalized spacial score (nSPS) is 18.1. The van der Waals surface area contributed by atoms with Crippen molar-refractivity contribution in [1.82, 2.24) is 5.32 Å². The van der Waals surface area contributed by atoms with Crippen LogP contribution in [0.2, 0.25) is 0 Å². The minimum Gasteiger partial charge on any atom is -0.326 e. The van der Waals surface area contributed by atoms with E-state index in [1.54, 1.807) is 6.07 Å². The van der Waals surface area contributed by atoms with Crippen molar-refractivity contribution in [3.63, 3.8) is 0 Å². The fourth-order valence-electron chi connectivity index (χ4n) is 2.17. The number of benzene rings is 1. The smallest absolute Gasteiger partial charge is 0.241 e.